The van der Waals surface area contributed by atoms with Gasteiger partial charge in [0.1, 0.15) is 11.5 Å². The molecule has 0 bridgehead atoms. The molecule has 2 aromatic rings. The summed E-state index contributed by atoms with van der Waals surface area (Å²) in [6.07, 6.45) is 1.14. The van der Waals surface area contributed by atoms with Gasteiger partial charge in [-0.2, -0.15) is 5.10 Å². The maximum Gasteiger partial charge on any atom is 0.126 e. The molecule has 110 valence electrons. The largest absolute Gasteiger partial charge is 0.462 e. The Balaban J connectivity index is 2.10. The zero-order chi connectivity index (χ0) is 14.7. The van der Waals surface area contributed by atoms with Gasteiger partial charge < -0.3 is 9.73 Å². The molecule has 1 N–H and O–H groups in total. The minimum atomic E-state index is 0.704. The summed E-state index contributed by atoms with van der Waals surface area (Å²) >= 11 is 0. The standard InChI is InChI=1S/C16H25N3O/c1-6-7-17-9-16-11(2)8-15(20-16)10-19-14(5)12(3)13(4)18-19/h8,17H,6-7,9-10H2,1-5H3. The molecule has 0 aliphatic rings. The third-order valence-electron chi connectivity index (χ3n) is 3.83. The second kappa shape index (κ2) is 6.27. The van der Waals surface area contributed by atoms with E-state index in [1.807, 2.05) is 11.6 Å². The lowest BCUT2D eigenvalue weighted by Gasteiger charge is -2.03. The Hall–Kier alpha value is -1.55. The first-order chi connectivity index (χ1) is 9.52. The summed E-state index contributed by atoms with van der Waals surface area (Å²) in [6.45, 7) is 13.1. The molecule has 0 unspecified atom stereocenters. The number of hydrogen-bond acceptors (Lipinski definition) is 3. The summed E-state index contributed by atoms with van der Waals surface area (Å²) in [5.41, 5.74) is 4.78. The van der Waals surface area contributed by atoms with E-state index in [2.05, 4.69) is 44.2 Å². The fraction of sp³-hybridized carbons (Fsp3) is 0.562. The SMILES string of the molecule is CCCNCc1oc(Cn2nc(C)c(C)c2C)cc1C. The highest BCUT2D eigenvalue weighted by Gasteiger charge is 2.11. The summed E-state index contributed by atoms with van der Waals surface area (Å²) in [5.74, 6) is 2.01. The third kappa shape index (κ3) is 3.12. The first-order valence-electron chi connectivity index (χ1n) is 7.32. The van der Waals surface area contributed by atoms with E-state index in [1.165, 1.54) is 16.8 Å². The summed E-state index contributed by atoms with van der Waals surface area (Å²) in [7, 11) is 0. The van der Waals surface area contributed by atoms with Crippen molar-refractivity contribution in [3.63, 3.8) is 0 Å². The molecule has 2 rings (SSSR count). The maximum atomic E-state index is 5.95. The Morgan fingerprint density at radius 2 is 2.00 bits per heavy atom. The second-order valence-corrected chi connectivity index (χ2v) is 5.45. The molecule has 0 radical (unpaired) electrons. The normalized spacial score (nSPS) is 11.2. The van der Waals surface area contributed by atoms with E-state index in [0.29, 0.717) is 6.54 Å². The Kier molecular flexibility index (Phi) is 4.65. The van der Waals surface area contributed by atoms with Crippen molar-refractivity contribution in [3.8, 4) is 0 Å². The van der Waals surface area contributed by atoms with Crippen LogP contribution in [0.4, 0.5) is 0 Å². The van der Waals surface area contributed by atoms with Crippen LogP contribution in [0.5, 0.6) is 0 Å². The van der Waals surface area contributed by atoms with Crippen LogP contribution in [0.2, 0.25) is 0 Å². The molecule has 4 nitrogen and oxygen atoms in total. The predicted octanol–water partition coefficient (Wildman–Crippen LogP) is 3.26. The molecule has 0 aromatic carbocycles. The van der Waals surface area contributed by atoms with Gasteiger partial charge in [0, 0.05) is 5.69 Å². The van der Waals surface area contributed by atoms with E-state index >= 15 is 0 Å². The molecule has 0 spiro atoms. The smallest absolute Gasteiger partial charge is 0.126 e. The minimum absolute atomic E-state index is 0.704. The molecule has 4 heteroatoms. The van der Waals surface area contributed by atoms with Gasteiger partial charge in [-0.25, -0.2) is 0 Å². The van der Waals surface area contributed by atoms with Crippen molar-refractivity contribution >= 4 is 0 Å². The summed E-state index contributed by atoms with van der Waals surface area (Å²) in [5, 5.41) is 7.94. The highest BCUT2D eigenvalue weighted by atomic mass is 16.3. The van der Waals surface area contributed by atoms with Gasteiger partial charge in [-0.1, -0.05) is 6.92 Å². The molecule has 0 saturated carbocycles. The van der Waals surface area contributed by atoms with Crippen LogP contribution in [0.25, 0.3) is 0 Å². The zero-order valence-electron chi connectivity index (χ0n) is 13.2. The number of aromatic nitrogens is 2. The van der Waals surface area contributed by atoms with Gasteiger partial charge in [0.25, 0.3) is 0 Å². The molecule has 0 fully saturated rings. The average molecular weight is 275 g/mol. The van der Waals surface area contributed by atoms with E-state index < -0.39 is 0 Å². The van der Waals surface area contributed by atoms with E-state index in [0.717, 1.165) is 36.7 Å². The van der Waals surface area contributed by atoms with Gasteiger partial charge in [-0.15, -0.1) is 0 Å². The van der Waals surface area contributed by atoms with E-state index in [1.54, 1.807) is 0 Å². The monoisotopic (exact) mass is 275 g/mol. The van der Waals surface area contributed by atoms with Gasteiger partial charge in [-0.05, 0) is 57.9 Å². The number of nitrogens with zero attached hydrogens (tertiary/aromatic N) is 2. The van der Waals surface area contributed by atoms with Gasteiger partial charge >= 0.3 is 0 Å². The summed E-state index contributed by atoms with van der Waals surface area (Å²) in [4.78, 5) is 0. The van der Waals surface area contributed by atoms with Gasteiger partial charge in [0.15, 0.2) is 0 Å². The number of nitrogens with one attached hydrogen (secondary N) is 1. The Labute approximate surface area is 121 Å². The van der Waals surface area contributed by atoms with Crippen LogP contribution in [0, 0.1) is 27.7 Å². The molecule has 2 aromatic heterocycles. The molecule has 0 saturated heterocycles. The Morgan fingerprint density at radius 3 is 2.60 bits per heavy atom. The lowest BCUT2D eigenvalue weighted by atomic mass is 10.2. The number of hydrogen-bond donors (Lipinski definition) is 1. The van der Waals surface area contributed by atoms with Gasteiger partial charge in [0.2, 0.25) is 0 Å². The fourth-order valence-corrected chi connectivity index (χ4v) is 2.31. The van der Waals surface area contributed by atoms with Crippen molar-refractivity contribution in [1.82, 2.24) is 15.1 Å². The first-order valence-corrected chi connectivity index (χ1v) is 7.32. The molecule has 0 amide bonds. The summed E-state index contributed by atoms with van der Waals surface area (Å²) < 4.78 is 7.97. The molecule has 0 aliphatic heterocycles. The first kappa shape index (κ1) is 14.9. The molecular formula is C16H25N3O. The molecular weight excluding hydrogens is 250 g/mol. The number of aryl methyl sites for hydroxylation is 2. The van der Waals surface area contributed by atoms with Crippen molar-refractivity contribution in [2.45, 2.75) is 54.1 Å². The topological polar surface area (TPSA) is 43.0 Å². The fourth-order valence-electron chi connectivity index (χ4n) is 2.31. The van der Waals surface area contributed by atoms with Gasteiger partial charge in [0.05, 0.1) is 18.8 Å². The van der Waals surface area contributed by atoms with Crippen LogP contribution < -0.4 is 5.32 Å². The molecule has 0 atom stereocenters. The van der Waals surface area contributed by atoms with Crippen molar-refractivity contribution in [2.75, 3.05) is 6.54 Å². The zero-order valence-corrected chi connectivity index (χ0v) is 13.2. The Morgan fingerprint density at radius 1 is 1.25 bits per heavy atom. The minimum Gasteiger partial charge on any atom is -0.462 e. The highest BCUT2D eigenvalue weighted by molar-refractivity contribution is 5.24. The highest BCUT2D eigenvalue weighted by Crippen LogP contribution is 2.18. The van der Waals surface area contributed by atoms with Crippen molar-refractivity contribution < 1.29 is 4.42 Å². The number of furan rings is 1. The van der Waals surface area contributed by atoms with Crippen LogP contribution in [0.15, 0.2) is 10.5 Å². The third-order valence-corrected chi connectivity index (χ3v) is 3.83. The van der Waals surface area contributed by atoms with Crippen LogP contribution in [0.3, 0.4) is 0 Å². The van der Waals surface area contributed by atoms with E-state index in [4.69, 9.17) is 4.42 Å². The molecule has 0 aliphatic carbocycles. The van der Waals surface area contributed by atoms with Crippen LogP contribution in [-0.2, 0) is 13.1 Å². The van der Waals surface area contributed by atoms with E-state index in [9.17, 15) is 0 Å². The van der Waals surface area contributed by atoms with Gasteiger partial charge in [-0.3, -0.25) is 4.68 Å². The Bertz CT molecular complexity index is 581. The van der Waals surface area contributed by atoms with Crippen LogP contribution in [0.1, 0.15) is 47.4 Å². The number of rotatable bonds is 6. The van der Waals surface area contributed by atoms with Crippen molar-refractivity contribution in [3.05, 3.63) is 40.1 Å². The predicted molar refractivity (Wildman–Crippen MR) is 81.0 cm³/mol. The maximum absolute atomic E-state index is 5.95. The average Bonchev–Trinajstić information content (AvgIpc) is 2.87. The lowest BCUT2D eigenvalue weighted by Crippen LogP contribution is -2.13. The van der Waals surface area contributed by atoms with E-state index in [-0.39, 0.29) is 0 Å². The summed E-state index contributed by atoms with van der Waals surface area (Å²) in [6, 6.07) is 2.12. The van der Waals surface area contributed by atoms with Crippen molar-refractivity contribution in [1.29, 1.82) is 0 Å². The lowest BCUT2D eigenvalue weighted by molar-refractivity contribution is 0.427. The molecule has 2 heterocycles. The van der Waals surface area contributed by atoms with Crippen LogP contribution in [-0.4, -0.2) is 16.3 Å². The second-order valence-electron chi connectivity index (χ2n) is 5.45. The van der Waals surface area contributed by atoms with Crippen molar-refractivity contribution in [2.24, 2.45) is 0 Å². The molecule has 20 heavy (non-hydrogen) atoms. The van der Waals surface area contributed by atoms with Crippen LogP contribution >= 0.6 is 0 Å². The quantitative estimate of drug-likeness (QED) is 0.823.